The third-order valence-corrected chi connectivity index (χ3v) is 7.82. The SMILES string of the molecule is Cc1ccc(NS(=O)c2ccc(C(C)(C)SN(C)C)cc2)c(N2CCC(C)CC2)c1. The Hall–Kier alpha value is -1.50. The van der Waals surface area contributed by atoms with E-state index in [1.807, 2.05) is 12.1 Å². The normalized spacial score (nSPS) is 16.7. The van der Waals surface area contributed by atoms with Crippen molar-refractivity contribution in [3.05, 3.63) is 53.6 Å². The van der Waals surface area contributed by atoms with Gasteiger partial charge in [0.05, 0.1) is 16.3 Å². The number of hydrogen-bond acceptors (Lipinski definition) is 4. The summed E-state index contributed by atoms with van der Waals surface area (Å²) >= 11 is 1.78. The van der Waals surface area contributed by atoms with Gasteiger partial charge < -0.3 is 4.90 Å². The number of nitrogens with one attached hydrogen (secondary N) is 1. The predicted molar refractivity (Wildman–Crippen MR) is 133 cm³/mol. The van der Waals surface area contributed by atoms with Crippen molar-refractivity contribution in [2.24, 2.45) is 5.92 Å². The average molecular weight is 446 g/mol. The molecule has 0 aliphatic carbocycles. The van der Waals surface area contributed by atoms with Gasteiger partial charge in [0.15, 0.2) is 0 Å². The molecular formula is C24H35N3OS2. The summed E-state index contributed by atoms with van der Waals surface area (Å²) in [6.07, 6.45) is 2.41. The van der Waals surface area contributed by atoms with Crippen LogP contribution in [-0.4, -0.2) is 35.7 Å². The smallest absolute Gasteiger partial charge is 0.150 e. The van der Waals surface area contributed by atoms with Gasteiger partial charge in [-0.3, -0.25) is 9.03 Å². The summed E-state index contributed by atoms with van der Waals surface area (Å²) in [6.45, 7) is 11.0. The first kappa shape index (κ1) is 23.2. The molecule has 1 aliphatic rings. The number of benzene rings is 2. The van der Waals surface area contributed by atoms with Crippen LogP contribution >= 0.6 is 11.9 Å². The van der Waals surface area contributed by atoms with Gasteiger partial charge in [-0.05, 0) is 89.0 Å². The maximum Gasteiger partial charge on any atom is 0.150 e. The minimum atomic E-state index is -1.30. The van der Waals surface area contributed by atoms with E-state index >= 15 is 0 Å². The monoisotopic (exact) mass is 445 g/mol. The van der Waals surface area contributed by atoms with Crippen molar-refractivity contribution in [1.29, 1.82) is 0 Å². The highest BCUT2D eigenvalue weighted by atomic mass is 32.2. The molecule has 0 radical (unpaired) electrons. The van der Waals surface area contributed by atoms with Crippen LogP contribution in [0.3, 0.4) is 0 Å². The summed E-state index contributed by atoms with van der Waals surface area (Å²) in [4.78, 5) is 3.22. The van der Waals surface area contributed by atoms with E-state index in [9.17, 15) is 4.21 Å². The maximum absolute atomic E-state index is 13.1. The lowest BCUT2D eigenvalue weighted by atomic mass is 9.98. The number of rotatable bonds is 7. The van der Waals surface area contributed by atoms with E-state index < -0.39 is 11.0 Å². The molecule has 1 aliphatic heterocycles. The van der Waals surface area contributed by atoms with E-state index in [0.29, 0.717) is 0 Å². The minimum Gasteiger partial charge on any atom is -0.370 e. The topological polar surface area (TPSA) is 35.6 Å². The van der Waals surface area contributed by atoms with Gasteiger partial charge in [0, 0.05) is 17.8 Å². The van der Waals surface area contributed by atoms with Crippen molar-refractivity contribution in [3.8, 4) is 0 Å². The summed E-state index contributed by atoms with van der Waals surface area (Å²) in [5, 5.41) is 0. The fourth-order valence-electron chi connectivity index (χ4n) is 3.89. The lowest BCUT2D eigenvalue weighted by molar-refractivity contribution is 0.438. The molecule has 2 aromatic carbocycles. The zero-order chi connectivity index (χ0) is 21.9. The number of aryl methyl sites for hydroxylation is 1. The molecule has 4 nitrogen and oxygen atoms in total. The van der Waals surface area contributed by atoms with Crippen molar-refractivity contribution in [1.82, 2.24) is 4.31 Å². The van der Waals surface area contributed by atoms with Crippen LogP contribution in [0.25, 0.3) is 0 Å². The van der Waals surface area contributed by atoms with Gasteiger partial charge in [0.25, 0.3) is 0 Å². The van der Waals surface area contributed by atoms with Crippen LogP contribution in [0, 0.1) is 12.8 Å². The van der Waals surface area contributed by atoms with Crippen molar-refractivity contribution in [2.75, 3.05) is 36.8 Å². The van der Waals surface area contributed by atoms with E-state index in [1.165, 1.54) is 24.0 Å². The van der Waals surface area contributed by atoms with Gasteiger partial charge in [-0.25, -0.2) is 4.21 Å². The Morgan fingerprint density at radius 3 is 2.33 bits per heavy atom. The Morgan fingerprint density at radius 2 is 1.73 bits per heavy atom. The molecule has 1 fully saturated rings. The van der Waals surface area contributed by atoms with Crippen LogP contribution in [-0.2, 0) is 15.7 Å². The van der Waals surface area contributed by atoms with Crippen molar-refractivity contribution in [2.45, 2.75) is 50.2 Å². The molecule has 0 amide bonds. The van der Waals surface area contributed by atoms with Gasteiger partial charge in [-0.15, -0.1) is 0 Å². The minimum absolute atomic E-state index is 0.0352. The molecule has 6 heteroatoms. The Balaban J connectivity index is 1.76. The summed E-state index contributed by atoms with van der Waals surface area (Å²) in [6, 6.07) is 14.5. The molecule has 0 saturated carbocycles. The van der Waals surface area contributed by atoms with E-state index in [1.54, 1.807) is 11.9 Å². The molecule has 2 aromatic rings. The van der Waals surface area contributed by atoms with Crippen molar-refractivity contribution >= 4 is 34.3 Å². The average Bonchev–Trinajstić information content (AvgIpc) is 2.69. The molecule has 0 aromatic heterocycles. The Labute approximate surface area is 189 Å². The second-order valence-electron chi connectivity index (χ2n) is 9.00. The van der Waals surface area contributed by atoms with Crippen LogP contribution in [0.5, 0.6) is 0 Å². The van der Waals surface area contributed by atoms with Crippen LogP contribution in [0.15, 0.2) is 47.4 Å². The van der Waals surface area contributed by atoms with E-state index in [-0.39, 0.29) is 4.75 Å². The van der Waals surface area contributed by atoms with Crippen LogP contribution < -0.4 is 9.62 Å². The molecule has 0 bridgehead atoms. The van der Waals surface area contributed by atoms with Crippen LogP contribution in [0.4, 0.5) is 11.4 Å². The van der Waals surface area contributed by atoms with Crippen LogP contribution in [0.1, 0.15) is 44.7 Å². The van der Waals surface area contributed by atoms with Gasteiger partial charge in [0.1, 0.15) is 11.0 Å². The second kappa shape index (κ2) is 9.75. The molecule has 164 valence electrons. The zero-order valence-corrected chi connectivity index (χ0v) is 20.7. The first-order valence-corrected chi connectivity index (χ1v) is 12.6. The second-order valence-corrected chi connectivity index (χ2v) is 12.1. The standard InChI is InChI=1S/C24H35N3OS2/c1-18-13-15-27(16-14-18)23-17-19(2)7-12-22(23)25-30(28)21-10-8-20(9-11-21)24(3,4)29-26(5)6/h7-12,17-18,25H,13-16H2,1-6H3. The van der Waals surface area contributed by atoms with Gasteiger partial charge in [-0.2, -0.15) is 0 Å². The Morgan fingerprint density at radius 1 is 1.10 bits per heavy atom. The highest BCUT2D eigenvalue weighted by Gasteiger charge is 2.23. The first-order valence-electron chi connectivity index (χ1n) is 10.7. The highest BCUT2D eigenvalue weighted by molar-refractivity contribution is 7.97. The van der Waals surface area contributed by atoms with E-state index in [0.717, 1.165) is 35.3 Å². The molecule has 1 saturated heterocycles. The maximum atomic E-state index is 13.1. The summed E-state index contributed by atoms with van der Waals surface area (Å²) in [7, 11) is 2.81. The fraction of sp³-hybridized carbons (Fsp3) is 0.500. The highest BCUT2D eigenvalue weighted by Crippen LogP contribution is 2.37. The molecule has 3 rings (SSSR count). The third kappa shape index (κ3) is 5.80. The van der Waals surface area contributed by atoms with Gasteiger partial charge in [-0.1, -0.05) is 37.1 Å². The lowest BCUT2D eigenvalue weighted by Gasteiger charge is -2.33. The van der Waals surface area contributed by atoms with E-state index in [2.05, 4.69) is 86.0 Å². The number of nitrogens with zero attached hydrogens (tertiary/aromatic N) is 2. The number of hydrogen-bond donors (Lipinski definition) is 1. The van der Waals surface area contributed by atoms with Crippen LogP contribution in [0.2, 0.25) is 0 Å². The fourth-order valence-corrected chi connectivity index (χ4v) is 5.91. The van der Waals surface area contributed by atoms with Gasteiger partial charge in [0.2, 0.25) is 0 Å². The summed E-state index contributed by atoms with van der Waals surface area (Å²) in [5.74, 6) is 0.782. The number of anilines is 2. The first-order chi connectivity index (χ1) is 14.2. The molecular weight excluding hydrogens is 410 g/mol. The molecule has 1 atom stereocenters. The predicted octanol–water partition coefficient (Wildman–Crippen LogP) is 5.81. The zero-order valence-electron chi connectivity index (χ0n) is 19.1. The molecule has 30 heavy (non-hydrogen) atoms. The quantitative estimate of drug-likeness (QED) is 0.546. The summed E-state index contributed by atoms with van der Waals surface area (Å²) < 4.78 is 18.4. The van der Waals surface area contributed by atoms with Crippen molar-refractivity contribution in [3.63, 3.8) is 0 Å². The van der Waals surface area contributed by atoms with Crippen molar-refractivity contribution < 1.29 is 4.21 Å². The largest absolute Gasteiger partial charge is 0.370 e. The Bertz CT molecular complexity index is 873. The molecule has 0 spiro atoms. The number of piperidine rings is 1. The molecule has 1 unspecified atom stereocenters. The molecule has 1 N–H and O–H groups in total. The third-order valence-electron chi connectivity index (χ3n) is 5.65. The van der Waals surface area contributed by atoms with E-state index in [4.69, 9.17) is 0 Å². The lowest BCUT2D eigenvalue weighted by Crippen LogP contribution is -2.33. The summed E-state index contributed by atoms with van der Waals surface area (Å²) in [5.41, 5.74) is 4.56. The Kier molecular flexibility index (Phi) is 7.53. The molecule has 1 heterocycles. The van der Waals surface area contributed by atoms with Gasteiger partial charge >= 0.3 is 0 Å².